The van der Waals surface area contributed by atoms with Crippen LogP contribution in [-0.2, 0) is 14.3 Å². The summed E-state index contributed by atoms with van der Waals surface area (Å²) in [4.78, 5) is 44.4. The minimum atomic E-state index is -0.913. The first-order valence-corrected chi connectivity index (χ1v) is 14.5. The fourth-order valence-electron chi connectivity index (χ4n) is 5.00. The van der Waals surface area contributed by atoms with E-state index in [1.807, 2.05) is 30.3 Å². The number of nitrogens with zero attached hydrogens (tertiary/aromatic N) is 2. The van der Waals surface area contributed by atoms with Crippen LogP contribution in [0, 0.1) is 5.82 Å². The molecule has 0 fully saturated rings. The second-order valence-corrected chi connectivity index (χ2v) is 10.8. The third-order valence-electron chi connectivity index (χ3n) is 7.05. The van der Waals surface area contributed by atoms with Gasteiger partial charge in [-0.25, -0.2) is 19.0 Å². The highest BCUT2D eigenvalue weighted by Crippen LogP contribution is 2.35. The van der Waals surface area contributed by atoms with Crippen LogP contribution >= 0.6 is 11.3 Å². The van der Waals surface area contributed by atoms with Crippen LogP contribution in [0.5, 0.6) is 0 Å². The average Bonchev–Trinajstić information content (AvgIpc) is 3.65. The summed E-state index contributed by atoms with van der Waals surface area (Å²) in [7, 11) is 1.32. The number of carbonyl (C=O) groups excluding carboxylic acids is 2. The number of rotatable bonds is 7. The zero-order chi connectivity index (χ0) is 30.8. The number of hydrogen-bond acceptors (Lipinski definition) is 8. The van der Waals surface area contributed by atoms with Gasteiger partial charge in [-0.2, -0.15) is 0 Å². The SMILES string of the molecule is CCOC(=O)C1=C(c2ccccc2)N=c2s/c(=C\c3ccc(-c4ccc(C(=O)OC)cc4)o3)c(=O)n2C1c1ccc(F)cc1. The molecule has 3 heterocycles. The lowest BCUT2D eigenvalue weighted by Crippen LogP contribution is -2.40. The molecule has 1 atom stereocenters. The Balaban J connectivity index is 1.50. The lowest BCUT2D eigenvalue weighted by atomic mass is 9.93. The van der Waals surface area contributed by atoms with Crippen molar-refractivity contribution in [2.75, 3.05) is 13.7 Å². The normalized spacial score (nSPS) is 14.6. The fourth-order valence-corrected chi connectivity index (χ4v) is 5.99. The maximum Gasteiger partial charge on any atom is 0.338 e. The first-order chi connectivity index (χ1) is 21.4. The molecule has 0 amide bonds. The summed E-state index contributed by atoms with van der Waals surface area (Å²) >= 11 is 1.15. The Hall–Kier alpha value is -5.35. The van der Waals surface area contributed by atoms with Crippen LogP contribution < -0.4 is 14.9 Å². The minimum Gasteiger partial charge on any atom is -0.465 e. The number of hydrogen-bond donors (Lipinski definition) is 0. The molecule has 1 unspecified atom stereocenters. The number of esters is 2. The van der Waals surface area contributed by atoms with E-state index in [2.05, 4.69) is 0 Å². The second-order valence-electron chi connectivity index (χ2n) is 9.75. The van der Waals surface area contributed by atoms with Gasteiger partial charge in [0.2, 0.25) is 0 Å². The number of carbonyl (C=O) groups is 2. The molecule has 0 spiro atoms. The maximum atomic E-state index is 14.0. The number of ether oxygens (including phenoxy) is 2. The molecule has 220 valence electrons. The van der Waals surface area contributed by atoms with Gasteiger partial charge in [-0.15, -0.1) is 0 Å². The molecule has 0 radical (unpaired) electrons. The van der Waals surface area contributed by atoms with E-state index < -0.39 is 29.4 Å². The van der Waals surface area contributed by atoms with Crippen LogP contribution in [0.3, 0.4) is 0 Å². The van der Waals surface area contributed by atoms with E-state index in [-0.39, 0.29) is 12.2 Å². The van der Waals surface area contributed by atoms with E-state index in [0.29, 0.717) is 43.2 Å². The first-order valence-electron chi connectivity index (χ1n) is 13.7. The Morgan fingerprint density at radius 2 is 1.68 bits per heavy atom. The van der Waals surface area contributed by atoms with Crippen molar-refractivity contribution in [3.8, 4) is 11.3 Å². The van der Waals surface area contributed by atoms with E-state index in [1.165, 1.54) is 23.8 Å². The zero-order valence-corrected chi connectivity index (χ0v) is 24.5. The van der Waals surface area contributed by atoms with Crippen LogP contribution in [-0.4, -0.2) is 30.2 Å². The van der Waals surface area contributed by atoms with Gasteiger partial charge in [-0.1, -0.05) is 65.9 Å². The highest BCUT2D eigenvalue weighted by molar-refractivity contribution is 7.07. The molecule has 1 aliphatic rings. The predicted octanol–water partition coefficient (Wildman–Crippen LogP) is 5.12. The molecular weight excluding hydrogens is 583 g/mol. The maximum absolute atomic E-state index is 14.0. The molecule has 0 aliphatic carbocycles. The van der Waals surface area contributed by atoms with E-state index >= 15 is 0 Å². The quantitative estimate of drug-likeness (QED) is 0.238. The molecule has 1 aliphatic heterocycles. The molecule has 5 aromatic rings. The lowest BCUT2D eigenvalue weighted by Gasteiger charge is -2.25. The molecule has 0 saturated carbocycles. The largest absolute Gasteiger partial charge is 0.465 e. The van der Waals surface area contributed by atoms with Gasteiger partial charge in [-0.3, -0.25) is 9.36 Å². The number of fused-ring (bicyclic) bond motifs is 1. The third kappa shape index (κ3) is 5.43. The zero-order valence-electron chi connectivity index (χ0n) is 23.7. The van der Waals surface area contributed by atoms with Gasteiger partial charge in [0, 0.05) is 17.2 Å². The summed E-state index contributed by atoms with van der Waals surface area (Å²) in [6, 6.07) is 24.2. The number of benzene rings is 3. The van der Waals surface area contributed by atoms with E-state index in [4.69, 9.17) is 18.9 Å². The standard InChI is InChI=1S/C34H25FN2O6S/c1-3-42-33(40)28-29(21-7-5-4-6-8-21)36-34-37(30(28)22-13-15-24(35)16-14-22)31(38)27(44-34)19-25-17-18-26(43-25)20-9-11-23(12-10-20)32(39)41-2/h4-19,30H,3H2,1-2H3/b27-19-. The molecule has 44 heavy (non-hydrogen) atoms. The van der Waals surface area contributed by atoms with Gasteiger partial charge in [-0.05, 0) is 48.9 Å². The van der Waals surface area contributed by atoms with Crippen molar-refractivity contribution >= 4 is 35.0 Å². The van der Waals surface area contributed by atoms with Crippen molar-refractivity contribution in [2.24, 2.45) is 4.99 Å². The number of furan rings is 1. The summed E-state index contributed by atoms with van der Waals surface area (Å²) < 4.78 is 32.0. The Morgan fingerprint density at radius 3 is 2.36 bits per heavy atom. The highest BCUT2D eigenvalue weighted by Gasteiger charge is 2.35. The predicted molar refractivity (Wildman–Crippen MR) is 163 cm³/mol. The van der Waals surface area contributed by atoms with Gasteiger partial charge in [0.25, 0.3) is 5.56 Å². The van der Waals surface area contributed by atoms with Gasteiger partial charge < -0.3 is 13.9 Å². The van der Waals surface area contributed by atoms with Crippen molar-refractivity contribution in [3.05, 3.63) is 145 Å². The number of halogens is 1. The Kier molecular flexibility index (Phi) is 7.91. The molecule has 0 N–H and O–H groups in total. The molecule has 8 nitrogen and oxygen atoms in total. The molecular formula is C34H25FN2O6S. The van der Waals surface area contributed by atoms with Crippen molar-refractivity contribution in [1.29, 1.82) is 0 Å². The van der Waals surface area contributed by atoms with E-state index in [9.17, 15) is 18.8 Å². The van der Waals surface area contributed by atoms with Crippen molar-refractivity contribution < 1.29 is 27.9 Å². The monoisotopic (exact) mass is 608 g/mol. The van der Waals surface area contributed by atoms with Gasteiger partial charge >= 0.3 is 11.9 Å². The Morgan fingerprint density at radius 1 is 0.955 bits per heavy atom. The highest BCUT2D eigenvalue weighted by atomic mass is 32.1. The van der Waals surface area contributed by atoms with Gasteiger partial charge in [0.1, 0.15) is 17.3 Å². The Labute approximate surface area is 254 Å². The summed E-state index contributed by atoms with van der Waals surface area (Å²) in [5, 5.41) is 0. The van der Waals surface area contributed by atoms with Gasteiger partial charge in [0.15, 0.2) is 4.80 Å². The molecule has 0 saturated heterocycles. The number of methoxy groups -OCH3 is 1. The van der Waals surface area contributed by atoms with Crippen LogP contribution in [0.1, 0.15) is 40.2 Å². The van der Waals surface area contributed by atoms with Crippen molar-refractivity contribution in [3.63, 3.8) is 0 Å². The van der Waals surface area contributed by atoms with Crippen molar-refractivity contribution in [2.45, 2.75) is 13.0 Å². The summed E-state index contributed by atoms with van der Waals surface area (Å²) in [5.74, 6) is -0.533. The van der Waals surface area contributed by atoms with Gasteiger partial charge in [0.05, 0.1) is 41.1 Å². The lowest BCUT2D eigenvalue weighted by molar-refractivity contribution is -0.138. The average molecular weight is 609 g/mol. The summed E-state index contributed by atoms with van der Waals surface area (Å²) in [6.45, 7) is 1.82. The summed E-state index contributed by atoms with van der Waals surface area (Å²) in [5.41, 5.74) is 2.52. The van der Waals surface area contributed by atoms with Crippen molar-refractivity contribution in [1.82, 2.24) is 4.57 Å². The van der Waals surface area contributed by atoms with Crippen LogP contribution in [0.2, 0.25) is 0 Å². The molecule has 6 rings (SSSR count). The second kappa shape index (κ2) is 12.1. The first kappa shape index (κ1) is 28.8. The van der Waals surface area contributed by atoms with Crippen LogP contribution in [0.15, 0.2) is 111 Å². The topological polar surface area (TPSA) is 100 Å². The smallest absolute Gasteiger partial charge is 0.338 e. The fraction of sp³-hybridized carbons (Fsp3) is 0.118. The molecule has 0 bridgehead atoms. The van der Waals surface area contributed by atoms with E-state index in [0.717, 1.165) is 16.9 Å². The molecule has 3 aromatic carbocycles. The Bertz CT molecular complexity index is 2070. The van der Waals surface area contributed by atoms with E-state index in [1.54, 1.807) is 61.5 Å². The van der Waals surface area contributed by atoms with Crippen LogP contribution in [0.4, 0.5) is 4.39 Å². The molecule has 10 heteroatoms. The minimum absolute atomic E-state index is 0.122. The number of thiazole rings is 1. The summed E-state index contributed by atoms with van der Waals surface area (Å²) in [6.07, 6.45) is 1.62. The molecule has 2 aromatic heterocycles. The number of aromatic nitrogens is 1. The van der Waals surface area contributed by atoms with Crippen LogP contribution in [0.25, 0.3) is 23.1 Å². The third-order valence-corrected chi connectivity index (χ3v) is 8.03.